The van der Waals surface area contributed by atoms with Crippen molar-refractivity contribution >= 4 is 16.9 Å². The molecule has 0 radical (unpaired) electrons. The number of hydrogen-bond donors (Lipinski definition) is 1. The molecule has 1 aromatic carbocycles. The number of nitrogens with zero attached hydrogens (tertiary/aromatic N) is 4. The van der Waals surface area contributed by atoms with Gasteiger partial charge in [-0.2, -0.15) is 0 Å². The van der Waals surface area contributed by atoms with Crippen LogP contribution < -0.4 is 10.3 Å². The Hall–Kier alpha value is -4.26. The summed E-state index contributed by atoms with van der Waals surface area (Å²) in [5.41, 5.74) is 5.58. The molecule has 0 saturated carbocycles. The van der Waals surface area contributed by atoms with E-state index in [4.69, 9.17) is 14.7 Å². The summed E-state index contributed by atoms with van der Waals surface area (Å²) < 4.78 is 6.47. The summed E-state index contributed by atoms with van der Waals surface area (Å²) >= 11 is 0. The standard InChI is InChI=1S/C28H23N5O2/c34-27-19-8-2-3-10-22(19)32-25-20(27)16-33(26(25)24-13-17-7-1-4-11-23(17)35-24)28-30-14-18(15-31-28)21-9-5-6-12-29-21/h2-6,8-12,14-15,24,26H,1,7,13,16H2,(H,32,34)/t24-,26?/m1/s1. The summed E-state index contributed by atoms with van der Waals surface area (Å²) in [7, 11) is 0. The quantitative estimate of drug-likeness (QED) is 0.470. The second-order valence-corrected chi connectivity index (χ2v) is 9.22. The molecule has 172 valence electrons. The average molecular weight is 462 g/mol. The molecule has 7 rings (SSSR count). The van der Waals surface area contributed by atoms with Crippen LogP contribution in [-0.4, -0.2) is 26.0 Å². The van der Waals surface area contributed by atoms with Crippen LogP contribution >= 0.6 is 0 Å². The Balaban J connectivity index is 1.32. The van der Waals surface area contributed by atoms with E-state index >= 15 is 0 Å². The number of para-hydroxylation sites is 1. The van der Waals surface area contributed by atoms with Crippen LogP contribution in [0, 0.1) is 0 Å². The highest BCUT2D eigenvalue weighted by molar-refractivity contribution is 5.80. The number of pyridine rings is 2. The molecule has 7 heteroatoms. The Kier molecular flexibility index (Phi) is 4.55. The Morgan fingerprint density at radius 3 is 2.71 bits per heavy atom. The van der Waals surface area contributed by atoms with E-state index in [9.17, 15) is 4.79 Å². The molecule has 3 aliphatic rings. The summed E-state index contributed by atoms with van der Waals surface area (Å²) in [4.78, 5) is 33.0. The minimum atomic E-state index is -0.193. The van der Waals surface area contributed by atoms with Crippen LogP contribution in [0.15, 0.2) is 89.3 Å². The van der Waals surface area contributed by atoms with Crippen LogP contribution in [0.5, 0.6) is 0 Å². The molecule has 4 aromatic rings. The zero-order chi connectivity index (χ0) is 23.4. The maximum Gasteiger partial charge on any atom is 0.226 e. The van der Waals surface area contributed by atoms with Crippen molar-refractivity contribution in [1.29, 1.82) is 0 Å². The lowest BCUT2D eigenvalue weighted by molar-refractivity contribution is 0.124. The molecule has 0 amide bonds. The average Bonchev–Trinajstić information content (AvgIpc) is 3.51. The van der Waals surface area contributed by atoms with Gasteiger partial charge >= 0.3 is 0 Å². The Labute approximate surface area is 201 Å². The van der Waals surface area contributed by atoms with Gasteiger partial charge in [0.15, 0.2) is 5.43 Å². The number of benzene rings is 1. The monoisotopic (exact) mass is 461 g/mol. The van der Waals surface area contributed by atoms with Gasteiger partial charge in [-0.15, -0.1) is 0 Å². The van der Waals surface area contributed by atoms with E-state index in [-0.39, 0.29) is 17.6 Å². The van der Waals surface area contributed by atoms with Gasteiger partial charge in [-0.05, 0) is 48.8 Å². The molecule has 3 aromatic heterocycles. The first kappa shape index (κ1) is 20.1. The molecule has 1 N–H and O–H groups in total. The largest absolute Gasteiger partial charge is 0.488 e. The highest BCUT2D eigenvalue weighted by atomic mass is 16.5. The second-order valence-electron chi connectivity index (χ2n) is 9.22. The number of fused-ring (bicyclic) bond motifs is 2. The molecule has 0 saturated heterocycles. The van der Waals surface area contributed by atoms with Gasteiger partial charge in [0.2, 0.25) is 5.95 Å². The summed E-state index contributed by atoms with van der Waals surface area (Å²) in [6, 6.07) is 13.3. The third-order valence-corrected chi connectivity index (χ3v) is 7.16. The van der Waals surface area contributed by atoms with Gasteiger partial charge in [-0.1, -0.05) is 24.3 Å². The van der Waals surface area contributed by atoms with Gasteiger partial charge in [0.25, 0.3) is 0 Å². The molecule has 35 heavy (non-hydrogen) atoms. The number of aromatic amines is 1. The highest BCUT2D eigenvalue weighted by Gasteiger charge is 2.44. The molecule has 2 atom stereocenters. The van der Waals surface area contributed by atoms with Gasteiger partial charge < -0.3 is 14.6 Å². The molecule has 0 spiro atoms. The zero-order valence-electron chi connectivity index (χ0n) is 19.0. The Morgan fingerprint density at radius 1 is 1.03 bits per heavy atom. The van der Waals surface area contributed by atoms with Crippen LogP contribution in [0.3, 0.4) is 0 Å². The molecule has 0 fully saturated rings. The van der Waals surface area contributed by atoms with Crippen molar-refractivity contribution < 1.29 is 4.74 Å². The molecule has 1 aliphatic carbocycles. The molecule has 5 heterocycles. The number of allylic oxidation sites excluding steroid dienone is 2. The number of rotatable bonds is 3. The fourth-order valence-electron chi connectivity index (χ4n) is 5.48. The molecular weight excluding hydrogens is 438 g/mol. The van der Waals surface area contributed by atoms with Crippen molar-refractivity contribution in [2.45, 2.75) is 38.0 Å². The molecule has 1 unspecified atom stereocenters. The van der Waals surface area contributed by atoms with Gasteiger partial charge in [0.05, 0.1) is 17.9 Å². The van der Waals surface area contributed by atoms with E-state index in [1.54, 1.807) is 18.6 Å². The van der Waals surface area contributed by atoms with Gasteiger partial charge in [-0.3, -0.25) is 9.78 Å². The number of anilines is 1. The van der Waals surface area contributed by atoms with Crippen molar-refractivity contribution in [3.63, 3.8) is 0 Å². The SMILES string of the molecule is O=c1c2c([nH]c3ccccc13)C([C@H]1CC3=C(C=CCC3)O1)N(c1ncc(-c3ccccn3)cn1)C2. The van der Waals surface area contributed by atoms with E-state index in [1.165, 1.54) is 5.57 Å². The second kappa shape index (κ2) is 7.91. The van der Waals surface area contributed by atoms with E-state index < -0.39 is 0 Å². The fourth-order valence-corrected chi connectivity index (χ4v) is 5.48. The van der Waals surface area contributed by atoms with Crippen molar-refractivity contribution in [3.05, 3.63) is 106 Å². The predicted molar refractivity (Wildman–Crippen MR) is 134 cm³/mol. The third kappa shape index (κ3) is 3.26. The first-order chi connectivity index (χ1) is 17.3. The van der Waals surface area contributed by atoms with Gasteiger partial charge in [0, 0.05) is 47.0 Å². The lowest BCUT2D eigenvalue weighted by Crippen LogP contribution is -2.33. The third-order valence-electron chi connectivity index (χ3n) is 7.16. The van der Waals surface area contributed by atoms with E-state index in [2.05, 4.69) is 27.0 Å². The highest BCUT2D eigenvalue weighted by Crippen LogP contribution is 2.44. The minimum absolute atomic E-state index is 0.0579. The van der Waals surface area contributed by atoms with Crippen molar-refractivity contribution in [3.8, 4) is 11.3 Å². The number of H-pyrrole nitrogens is 1. The maximum atomic E-state index is 13.5. The Morgan fingerprint density at radius 2 is 1.89 bits per heavy atom. The van der Waals surface area contributed by atoms with E-state index in [0.717, 1.165) is 53.1 Å². The zero-order valence-corrected chi connectivity index (χ0v) is 19.0. The molecule has 7 nitrogen and oxygen atoms in total. The van der Waals surface area contributed by atoms with Crippen molar-refractivity contribution in [2.24, 2.45) is 0 Å². The van der Waals surface area contributed by atoms with Crippen LogP contribution in [0.25, 0.3) is 22.2 Å². The number of nitrogens with one attached hydrogen (secondary N) is 1. The van der Waals surface area contributed by atoms with E-state index in [0.29, 0.717) is 17.9 Å². The molecular formula is C28H23N5O2. The number of aromatic nitrogens is 4. The number of ether oxygens (including phenoxy) is 1. The summed E-state index contributed by atoms with van der Waals surface area (Å²) in [6.45, 7) is 0.434. The lowest BCUT2D eigenvalue weighted by Gasteiger charge is -2.29. The topological polar surface area (TPSA) is 84.0 Å². The fraction of sp³-hybridized carbons (Fsp3) is 0.214. The van der Waals surface area contributed by atoms with Crippen LogP contribution in [0.4, 0.5) is 5.95 Å². The predicted octanol–water partition coefficient (Wildman–Crippen LogP) is 4.83. The van der Waals surface area contributed by atoms with Crippen molar-refractivity contribution in [1.82, 2.24) is 19.9 Å². The van der Waals surface area contributed by atoms with E-state index in [1.807, 2.05) is 42.5 Å². The van der Waals surface area contributed by atoms with Crippen LogP contribution in [0.2, 0.25) is 0 Å². The van der Waals surface area contributed by atoms with Crippen LogP contribution in [-0.2, 0) is 11.3 Å². The summed E-state index contributed by atoms with van der Waals surface area (Å²) in [5, 5.41) is 0.700. The summed E-state index contributed by atoms with van der Waals surface area (Å²) in [6.07, 6.45) is 12.4. The van der Waals surface area contributed by atoms with Crippen molar-refractivity contribution in [2.75, 3.05) is 4.90 Å². The maximum absolute atomic E-state index is 13.5. The molecule has 0 bridgehead atoms. The summed E-state index contributed by atoms with van der Waals surface area (Å²) in [5.74, 6) is 1.55. The smallest absolute Gasteiger partial charge is 0.226 e. The first-order valence-corrected chi connectivity index (χ1v) is 12.0. The van der Waals surface area contributed by atoms with Crippen LogP contribution in [0.1, 0.15) is 36.6 Å². The van der Waals surface area contributed by atoms with Gasteiger partial charge in [0.1, 0.15) is 17.9 Å². The first-order valence-electron chi connectivity index (χ1n) is 12.0. The normalized spacial score (nSPS) is 20.7. The Bertz CT molecular complexity index is 1560. The minimum Gasteiger partial charge on any atom is -0.488 e. The lowest BCUT2D eigenvalue weighted by atomic mass is 9.96. The number of hydrogen-bond acceptors (Lipinski definition) is 6. The molecule has 2 aliphatic heterocycles. The van der Waals surface area contributed by atoms with Gasteiger partial charge in [-0.25, -0.2) is 9.97 Å².